The third-order valence-corrected chi connectivity index (χ3v) is 4.52. The minimum absolute atomic E-state index is 0.140. The van der Waals surface area contributed by atoms with Gasteiger partial charge in [-0.1, -0.05) is 60.1 Å². The van der Waals surface area contributed by atoms with Gasteiger partial charge in [0.15, 0.2) is 5.82 Å². The lowest BCUT2D eigenvalue weighted by Gasteiger charge is -2.08. The van der Waals surface area contributed by atoms with Crippen LogP contribution in [0.3, 0.4) is 0 Å². The Morgan fingerprint density at radius 2 is 1.78 bits per heavy atom. The third-order valence-electron chi connectivity index (χ3n) is 4.19. The summed E-state index contributed by atoms with van der Waals surface area (Å²) in [5.74, 6) is 0.0576. The summed E-state index contributed by atoms with van der Waals surface area (Å²) >= 11 is 6.33. The highest BCUT2D eigenvalue weighted by molar-refractivity contribution is 6.33. The van der Waals surface area contributed by atoms with Crippen molar-refractivity contribution in [2.75, 3.05) is 6.61 Å². The monoisotopic (exact) mass is 377 g/mol. The van der Waals surface area contributed by atoms with Gasteiger partial charge < -0.3 is 4.74 Å². The van der Waals surface area contributed by atoms with Crippen LogP contribution in [0, 0.1) is 0 Å². The number of hydrogen-bond donors (Lipinski definition) is 0. The minimum atomic E-state index is -0.292. The van der Waals surface area contributed by atoms with Crippen LogP contribution in [-0.4, -0.2) is 27.3 Å². The Hall–Kier alpha value is -3.18. The summed E-state index contributed by atoms with van der Waals surface area (Å²) in [7, 11) is 0. The number of halogens is 1. The van der Waals surface area contributed by atoms with Gasteiger partial charge in [0.2, 0.25) is 0 Å². The summed E-state index contributed by atoms with van der Waals surface area (Å²) in [5, 5.41) is 6.59. The van der Waals surface area contributed by atoms with E-state index in [9.17, 15) is 4.79 Å². The summed E-state index contributed by atoms with van der Waals surface area (Å²) < 4.78 is 6.68. The number of ether oxygens (including phenoxy) is 1. The standard InChI is InChI=1S/C21H16ClN3O2/c1-2-27-21-23-19(17-11-5-6-13-18(17)22)25(24-21)20(26)16-12-7-9-14-8-3-4-10-15(14)16/h3-13H,2H2,1H3. The summed E-state index contributed by atoms with van der Waals surface area (Å²) in [5.41, 5.74) is 1.15. The van der Waals surface area contributed by atoms with Crippen molar-refractivity contribution in [2.24, 2.45) is 0 Å². The highest BCUT2D eigenvalue weighted by atomic mass is 35.5. The van der Waals surface area contributed by atoms with Gasteiger partial charge in [0, 0.05) is 11.1 Å². The van der Waals surface area contributed by atoms with Gasteiger partial charge >= 0.3 is 6.01 Å². The highest BCUT2D eigenvalue weighted by Gasteiger charge is 2.22. The molecule has 0 amide bonds. The zero-order valence-corrected chi connectivity index (χ0v) is 15.3. The molecule has 0 spiro atoms. The van der Waals surface area contributed by atoms with E-state index in [4.69, 9.17) is 16.3 Å². The Kier molecular flexibility index (Phi) is 4.60. The van der Waals surface area contributed by atoms with Gasteiger partial charge in [0.05, 0.1) is 11.6 Å². The van der Waals surface area contributed by atoms with Crippen molar-refractivity contribution in [2.45, 2.75) is 6.92 Å². The third kappa shape index (κ3) is 3.17. The van der Waals surface area contributed by atoms with Gasteiger partial charge in [-0.15, -0.1) is 5.10 Å². The molecule has 0 bridgehead atoms. The van der Waals surface area contributed by atoms with E-state index in [1.807, 2.05) is 55.5 Å². The lowest BCUT2D eigenvalue weighted by molar-refractivity contribution is 0.0946. The van der Waals surface area contributed by atoms with Crippen molar-refractivity contribution in [3.63, 3.8) is 0 Å². The van der Waals surface area contributed by atoms with Gasteiger partial charge in [-0.3, -0.25) is 4.79 Å². The minimum Gasteiger partial charge on any atom is -0.463 e. The molecule has 0 saturated carbocycles. The molecule has 27 heavy (non-hydrogen) atoms. The molecule has 4 aromatic rings. The molecule has 4 rings (SSSR count). The molecule has 0 aliphatic heterocycles. The second-order valence-electron chi connectivity index (χ2n) is 5.87. The number of benzene rings is 3. The summed E-state index contributed by atoms with van der Waals surface area (Å²) in [6, 6.07) is 20.7. The van der Waals surface area contributed by atoms with E-state index in [1.165, 1.54) is 4.68 Å². The fraction of sp³-hybridized carbons (Fsp3) is 0.0952. The Bertz CT molecular complexity index is 1130. The maximum atomic E-state index is 13.3. The predicted molar refractivity (Wildman–Crippen MR) is 105 cm³/mol. The van der Waals surface area contributed by atoms with Gasteiger partial charge in [0.1, 0.15) is 0 Å². The molecule has 0 unspecified atom stereocenters. The van der Waals surface area contributed by atoms with Crippen LogP contribution in [0.1, 0.15) is 17.3 Å². The Morgan fingerprint density at radius 3 is 2.59 bits per heavy atom. The van der Waals surface area contributed by atoms with Crippen molar-refractivity contribution >= 4 is 28.3 Å². The largest absolute Gasteiger partial charge is 0.463 e. The van der Waals surface area contributed by atoms with Crippen LogP contribution in [0.15, 0.2) is 66.7 Å². The molecule has 5 nitrogen and oxygen atoms in total. The average molecular weight is 378 g/mol. The fourth-order valence-electron chi connectivity index (χ4n) is 2.97. The quantitative estimate of drug-likeness (QED) is 0.510. The summed E-state index contributed by atoms with van der Waals surface area (Å²) in [4.78, 5) is 17.7. The molecule has 0 aliphatic carbocycles. The number of carbonyl (C=O) groups is 1. The molecule has 0 fully saturated rings. The molecule has 0 radical (unpaired) electrons. The van der Waals surface area contributed by atoms with Crippen LogP contribution in [0.5, 0.6) is 6.01 Å². The Labute approximate surface area is 161 Å². The Balaban J connectivity index is 1.90. The van der Waals surface area contributed by atoms with Gasteiger partial charge in [-0.2, -0.15) is 9.67 Å². The second-order valence-corrected chi connectivity index (χ2v) is 6.28. The molecule has 0 aliphatic rings. The van der Waals surface area contributed by atoms with Crippen molar-refractivity contribution in [1.82, 2.24) is 14.8 Å². The SMILES string of the molecule is CCOc1nc(-c2ccccc2Cl)n(C(=O)c2cccc3ccccc23)n1. The van der Waals surface area contributed by atoms with E-state index in [-0.39, 0.29) is 11.9 Å². The molecule has 0 saturated heterocycles. The highest BCUT2D eigenvalue weighted by Crippen LogP contribution is 2.29. The normalized spacial score (nSPS) is 10.9. The van der Waals surface area contributed by atoms with E-state index >= 15 is 0 Å². The molecule has 6 heteroatoms. The van der Waals surface area contributed by atoms with Crippen molar-refractivity contribution in [3.8, 4) is 17.4 Å². The first-order chi connectivity index (χ1) is 13.2. The molecular formula is C21H16ClN3O2. The summed E-state index contributed by atoms with van der Waals surface area (Å²) in [6.07, 6.45) is 0. The molecule has 0 atom stereocenters. The van der Waals surface area contributed by atoms with Crippen LogP contribution in [-0.2, 0) is 0 Å². The van der Waals surface area contributed by atoms with Crippen molar-refractivity contribution in [1.29, 1.82) is 0 Å². The smallest absolute Gasteiger partial charge is 0.336 e. The van der Waals surface area contributed by atoms with Crippen molar-refractivity contribution in [3.05, 3.63) is 77.3 Å². The Morgan fingerprint density at radius 1 is 1.04 bits per heavy atom. The van der Waals surface area contributed by atoms with E-state index in [2.05, 4.69) is 10.1 Å². The topological polar surface area (TPSA) is 57.0 Å². The van der Waals surface area contributed by atoms with Crippen LogP contribution in [0.25, 0.3) is 22.2 Å². The van der Waals surface area contributed by atoms with Crippen molar-refractivity contribution < 1.29 is 9.53 Å². The number of fused-ring (bicyclic) bond motifs is 1. The zero-order valence-electron chi connectivity index (χ0n) is 14.6. The van der Waals surface area contributed by atoms with Gasteiger partial charge in [-0.25, -0.2) is 0 Å². The molecule has 3 aromatic carbocycles. The number of nitrogens with zero attached hydrogens (tertiary/aromatic N) is 3. The number of hydrogen-bond acceptors (Lipinski definition) is 4. The van der Waals surface area contributed by atoms with Crippen LogP contribution < -0.4 is 4.74 Å². The van der Waals surface area contributed by atoms with Crippen LogP contribution >= 0.6 is 11.6 Å². The van der Waals surface area contributed by atoms with Crippen LogP contribution in [0.4, 0.5) is 0 Å². The van der Waals surface area contributed by atoms with Gasteiger partial charge in [0.25, 0.3) is 5.91 Å². The van der Waals surface area contributed by atoms with Crippen LogP contribution in [0.2, 0.25) is 5.02 Å². The maximum absolute atomic E-state index is 13.3. The zero-order chi connectivity index (χ0) is 18.8. The van der Waals surface area contributed by atoms with E-state index in [0.29, 0.717) is 28.6 Å². The molecule has 134 valence electrons. The first kappa shape index (κ1) is 17.2. The fourth-order valence-corrected chi connectivity index (χ4v) is 3.19. The van der Waals surface area contributed by atoms with E-state index in [0.717, 1.165) is 10.8 Å². The van der Waals surface area contributed by atoms with Gasteiger partial charge in [-0.05, 0) is 35.9 Å². The summed E-state index contributed by atoms with van der Waals surface area (Å²) in [6.45, 7) is 2.23. The predicted octanol–water partition coefficient (Wildman–Crippen LogP) is 4.84. The number of rotatable bonds is 4. The van der Waals surface area contributed by atoms with E-state index in [1.54, 1.807) is 18.2 Å². The first-order valence-electron chi connectivity index (χ1n) is 8.56. The number of carbonyl (C=O) groups excluding carboxylic acids is 1. The lowest BCUT2D eigenvalue weighted by atomic mass is 10.0. The lowest BCUT2D eigenvalue weighted by Crippen LogP contribution is -2.16. The second kappa shape index (κ2) is 7.21. The number of aromatic nitrogens is 3. The average Bonchev–Trinajstić information content (AvgIpc) is 3.11. The maximum Gasteiger partial charge on any atom is 0.336 e. The molecule has 1 heterocycles. The molecular weight excluding hydrogens is 362 g/mol. The first-order valence-corrected chi connectivity index (χ1v) is 8.94. The molecule has 1 aromatic heterocycles. The van der Waals surface area contributed by atoms with E-state index < -0.39 is 0 Å². The molecule has 0 N–H and O–H groups in total.